The smallest absolute Gasteiger partial charge is 0.303 e. The second-order valence-electron chi connectivity index (χ2n) is 9.56. The van der Waals surface area contributed by atoms with E-state index in [9.17, 15) is 24.0 Å². The molecule has 0 amide bonds. The van der Waals surface area contributed by atoms with Gasteiger partial charge in [-0.2, -0.15) is 0 Å². The van der Waals surface area contributed by atoms with E-state index in [1.165, 1.54) is 32.7 Å². The second-order valence-corrected chi connectivity index (χ2v) is 11.5. The van der Waals surface area contributed by atoms with E-state index >= 15 is 0 Å². The predicted octanol–water partition coefficient (Wildman–Crippen LogP) is 3.60. The van der Waals surface area contributed by atoms with Crippen LogP contribution in [0.25, 0.3) is 0 Å². The topological polar surface area (TPSA) is 150 Å². The van der Waals surface area contributed by atoms with Crippen LogP contribution in [0, 0.1) is 0 Å². The van der Waals surface area contributed by atoms with Crippen molar-refractivity contribution in [3.63, 3.8) is 0 Å². The summed E-state index contributed by atoms with van der Waals surface area (Å²) in [5.41, 5.74) is 0.424. The van der Waals surface area contributed by atoms with Gasteiger partial charge in [0, 0.05) is 39.4 Å². The largest absolute Gasteiger partial charge is 0.496 e. The fourth-order valence-electron chi connectivity index (χ4n) is 4.58. The van der Waals surface area contributed by atoms with Crippen LogP contribution in [0.1, 0.15) is 64.2 Å². The molecule has 0 N–H and O–H groups in total. The molecule has 0 bridgehead atoms. The summed E-state index contributed by atoms with van der Waals surface area (Å²) in [7, 11) is 1.48. The number of thiocarbonyl (C=S) groups is 1. The molecule has 1 aliphatic heterocycles. The highest BCUT2D eigenvalue weighted by atomic mass is 32.2. The molecule has 1 fully saturated rings. The van der Waals surface area contributed by atoms with Crippen molar-refractivity contribution in [2.75, 3.05) is 20.3 Å². The fourth-order valence-corrected chi connectivity index (χ4v) is 6.09. The van der Waals surface area contributed by atoms with Crippen molar-refractivity contribution in [1.29, 1.82) is 0 Å². The quantitative estimate of drug-likeness (QED) is 0.126. The predicted molar refractivity (Wildman–Crippen MR) is 159 cm³/mol. The summed E-state index contributed by atoms with van der Waals surface area (Å²) in [6, 6.07) is 6.87. The SMILES string of the molecule is CCOC(=S)SC(CCC(=O)c1ccccc1OC)C[C@H]1O[C@H](COC(C)=O)[C@@H](OC(C)=O)[C@H](OC(C)=O)[C@H]1OC(C)=O. The first-order valence-corrected chi connectivity index (χ1v) is 14.9. The molecule has 2 rings (SSSR count). The maximum absolute atomic E-state index is 13.2. The Balaban J connectivity index is 2.44. The number of carbonyl (C=O) groups excluding carboxylic acids is 5. The molecule has 1 heterocycles. The summed E-state index contributed by atoms with van der Waals surface area (Å²) in [5, 5.41) is -0.404. The van der Waals surface area contributed by atoms with Crippen LogP contribution in [0.15, 0.2) is 24.3 Å². The second kappa shape index (κ2) is 17.8. The van der Waals surface area contributed by atoms with E-state index in [0.717, 1.165) is 13.8 Å². The van der Waals surface area contributed by atoms with Crippen molar-refractivity contribution >= 4 is 58.0 Å². The third kappa shape index (κ3) is 11.8. The number of carbonyl (C=O) groups is 5. The van der Waals surface area contributed by atoms with Crippen molar-refractivity contribution in [2.45, 2.75) is 89.7 Å². The molecule has 1 unspecified atom stereocenters. The molecule has 1 saturated heterocycles. The zero-order chi connectivity index (χ0) is 32.1. The lowest BCUT2D eigenvalue weighted by Gasteiger charge is -2.45. The summed E-state index contributed by atoms with van der Waals surface area (Å²) in [6.45, 7) is 6.47. The Kier molecular flexibility index (Phi) is 14.9. The number of para-hydroxylation sites is 1. The van der Waals surface area contributed by atoms with Crippen molar-refractivity contribution in [2.24, 2.45) is 0 Å². The van der Waals surface area contributed by atoms with Gasteiger partial charge in [-0.05, 0) is 44.1 Å². The van der Waals surface area contributed by atoms with Crippen molar-refractivity contribution < 1.29 is 57.1 Å². The standard InChI is InChI=1S/C29H38O12S2/c1-7-36-29(42)43-20(12-13-22(34)21-10-8-9-11-23(21)35-6)14-24-26(38-17(3)31)28(40-19(5)33)27(39-18(4)32)25(41-24)15-37-16(2)30/h8-11,20,24-28H,7,12-15H2,1-6H3/t20?,24-,25-,26+,27-,28-/m1/s1. The molecular formula is C29H38O12S2. The lowest BCUT2D eigenvalue weighted by Crippen LogP contribution is -2.62. The highest BCUT2D eigenvalue weighted by Gasteiger charge is 2.52. The number of ether oxygens (including phenoxy) is 7. The van der Waals surface area contributed by atoms with Gasteiger partial charge in [0.1, 0.15) is 24.6 Å². The molecule has 12 nitrogen and oxygen atoms in total. The number of hydrogen-bond donors (Lipinski definition) is 0. The van der Waals surface area contributed by atoms with Crippen LogP contribution in [0.3, 0.4) is 0 Å². The maximum Gasteiger partial charge on any atom is 0.303 e. The summed E-state index contributed by atoms with van der Waals surface area (Å²) in [4.78, 5) is 61.1. The molecule has 238 valence electrons. The van der Waals surface area contributed by atoms with Crippen LogP contribution in [0.5, 0.6) is 5.75 Å². The number of esters is 4. The van der Waals surface area contributed by atoms with Gasteiger partial charge in [-0.1, -0.05) is 23.9 Å². The van der Waals surface area contributed by atoms with Gasteiger partial charge in [-0.3, -0.25) is 24.0 Å². The first-order chi connectivity index (χ1) is 20.4. The Morgan fingerprint density at radius 1 is 0.860 bits per heavy atom. The van der Waals surface area contributed by atoms with E-state index in [2.05, 4.69) is 0 Å². The maximum atomic E-state index is 13.2. The number of methoxy groups -OCH3 is 1. The first-order valence-electron chi connectivity index (χ1n) is 13.7. The Hall–Kier alpha value is -3.23. The number of thioether (sulfide) groups is 1. The van der Waals surface area contributed by atoms with E-state index in [-0.39, 0.29) is 29.6 Å². The van der Waals surface area contributed by atoms with Crippen molar-refractivity contribution in [3.8, 4) is 5.75 Å². The number of ketones is 1. The molecule has 0 aliphatic carbocycles. The molecule has 14 heteroatoms. The minimum Gasteiger partial charge on any atom is -0.496 e. The summed E-state index contributed by atoms with van der Waals surface area (Å²) >= 11 is 6.58. The van der Waals surface area contributed by atoms with E-state index < -0.39 is 59.6 Å². The van der Waals surface area contributed by atoms with Crippen LogP contribution < -0.4 is 4.74 Å². The Labute approximate surface area is 260 Å². The monoisotopic (exact) mass is 642 g/mol. The number of hydrogen-bond acceptors (Lipinski definition) is 14. The normalized spacial score (nSPS) is 22.0. The van der Waals surface area contributed by atoms with Crippen LogP contribution in [0.4, 0.5) is 0 Å². The van der Waals surface area contributed by atoms with Gasteiger partial charge >= 0.3 is 23.9 Å². The molecule has 43 heavy (non-hydrogen) atoms. The number of benzene rings is 1. The third-order valence-electron chi connectivity index (χ3n) is 6.21. The van der Waals surface area contributed by atoms with Gasteiger partial charge < -0.3 is 33.2 Å². The lowest BCUT2D eigenvalue weighted by molar-refractivity contribution is -0.253. The summed E-state index contributed by atoms with van der Waals surface area (Å²) < 4.78 is 39.0. The van der Waals surface area contributed by atoms with E-state index in [1.54, 1.807) is 31.2 Å². The fraction of sp³-hybridized carbons (Fsp3) is 0.586. The molecule has 1 aromatic carbocycles. The van der Waals surface area contributed by atoms with Gasteiger partial charge in [-0.15, -0.1) is 0 Å². The minimum absolute atomic E-state index is 0.109. The van der Waals surface area contributed by atoms with Crippen molar-refractivity contribution in [3.05, 3.63) is 29.8 Å². The Morgan fingerprint density at radius 3 is 2.00 bits per heavy atom. The lowest BCUT2D eigenvalue weighted by atomic mass is 9.91. The van der Waals surface area contributed by atoms with E-state index in [0.29, 0.717) is 24.3 Å². The zero-order valence-electron chi connectivity index (χ0n) is 25.0. The average molecular weight is 643 g/mol. The van der Waals surface area contributed by atoms with Gasteiger partial charge in [0.25, 0.3) is 0 Å². The Bertz CT molecular complexity index is 1160. The zero-order valence-corrected chi connectivity index (χ0v) is 26.7. The van der Waals surface area contributed by atoms with E-state index in [1.807, 2.05) is 0 Å². The molecule has 0 radical (unpaired) electrons. The molecule has 0 spiro atoms. The number of Topliss-reactive ketones (excluding diaryl/α,β-unsaturated/α-hetero) is 1. The molecule has 0 aromatic heterocycles. The summed E-state index contributed by atoms with van der Waals surface area (Å²) in [6.07, 6.45) is -5.24. The molecular weight excluding hydrogens is 604 g/mol. The summed E-state index contributed by atoms with van der Waals surface area (Å²) in [5.74, 6) is -2.47. The Morgan fingerprint density at radius 2 is 1.44 bits per heavy atom. The van der Waals surface area contributed by atoms with Gasteiger partial charge in [0.05, 0.1) is 19.3 Å². The van der Waals surface area contributed by atoms with Crippen molar-refractivity contribution in [1.82, 2.24) is 0 Å². The molecule has 1 aromatic rings. The average Bonchev–Trinajstić information content (AvgIpc) is 2.92. The number of rotatable bonds is 14. The van der Waals surface area contributed by atoms with Gasteiger partial charge in [-0.25, -0.2) is 0 Å². The third-order valence-corrected chi connectivity index (χ3v) is 7.69. The molecule has 0 saturated carbocycles. The minimum atomic E-state index is -1.29. The van der Waals surface area contributed by atoms with Crippen LogP contribution in [-0.2, 0) is 47.6 Å². The van der Waals surface area contributed by atoms with Crippen LogP contribution in [0.2, 0.25) is 0 Å². The molecule has 1 aliphatic rings. The van der Waals surface area contributed by atoms with Gasteiger partial charge in [0.2, 0.25) is 4.38 Å². The molecule has 6 atom stereocenters. The van der Waals surface area contributed by atoms with Gasteiger partial charge in [0.15, 0.2) is 24.1 Å². The highest BCUT2D eigenvalue weighted by Crippen LogP contribution is 2.35. The van der Waals surface area contributed by atoms with Crippen LogP contribution >= 0.6 is 24.0 Å². The van der Waals surface area contributed by atoms with Crippen LogP contribution in [-0.4, -0.2) is 90.1 Å². The first kappa shape index (κ1) is 36.0. The van der Waals surface area contributed by atoms with E-state index in [4.69, 9.17) is 45.4 Å². The highest BCUT2D eigenvalue weighted by molar-refractivity contribution is 8.23.